The third-order valence-corrected chi connectivity index (χ3v) is 8.82. The van der Waals surface area contributed by atoms with E-state index >= 15 is 0 Å². The molecule has 2 fully saturated rings. The van der Waals surface area contributed by atoms with Crippen molar-refractivity contribution in [2.75, 3.05) is 13.7 Å². The summed E-state index contributed by atoms with van der Waals surface area (Å²) in [5.41, 5.74) is 2.80. The van der Waals surface area contributed by atoms with Crippen molar-refractivity contribution in [2.45, 2.75) is 62.9 Å². The van der Waals surface area contributed by atoms with Crippen molar-refractivity contribution in [2.24, 2.45) is 11.8 Å². The number of hydrogen-bond acceptors (Lipinski definition) is 4. The number of methoxy groups -OCH3 is 1. The minimum atomic E-state index is -0.849. The molecule has 0 aromatic heterocycles. The fourth-order valence-corrected chi connectivity index (χ4v) is 6.84. The number of carbonyl (C=O) groups is 3. The fraction of sp³-hybridized carbons (Fsp3) is 0.400. The highest BCUT2D eigenvalue weighted by molar-refractivity contribution is 5.92. The Morgan fingerprint density at radius 2 is 1.41 bits per heavy atom. The van der Waals surface area contributed by atoms with Crippen molar-refractivity contribution in [3.63, 3.8) is 0 Å². The summed E-state index contributed by atoms with van der Waals surface area (Å²) in [5, 5.41) is 3.12. The minimum Gasteiger partial charge on any atom is -0.469 e. The highest BCUT2D eigenvalue weighted by atomic mass is 16.5. The van der Waals surface area contributed by atoms with Gasteiger partial charge in [0.2, 0.25) is 11.8 Å². The Labute approximate surface area is 243 Å². The maximum Gasteiger partial charge on any atom is 0.311 e. The lowest BCUT2D eigenvalue weighted by molar-refractivity contribution is -0.147. The Morgan fingerprint density at radius 3 is 2.02 bits per heavy atom. The van der Waals surface area contributed by atoms with Gasteiger partial charge in [-0.3, -0.25) is 14.4 Å². The van der Waals surface area contributed by atoms with E-state index in [1.54, 1.807) is 4.90 Å². The van der Waals surface area contributed by atoms with Crippen LogP contribution in [-0.2, 0) is 25.5 Å². The van der Waals surface area contributed by atoms with Gasteiger partial charge >= 0.3 is 5.97 Å². The standard InChI is InChI=1S/C35H40N2O4/c1-41-35(40)31-30(27-17-7-3-8-18-27)33(34(39)36-24-23-26-13-5-2-6-14-26)37(32(31)28-19-9-4-10-20-28)29(38)22-21-25-15-11-12-16-25/h2-10,13-14,17-20,25,30-33H,11-12,15-16,21-24H2,1H3,(H,36,39). The molecule has 0 bridgehead atoms. The summed E-state index contributed by atoms with van der Waals surface area (Å²) >= 11 is 0. The van der Waals surface area contributed by atoms with Gasteiger partial charge in [0.15, 0.2) is 0 Å². The highest BCUT2D eigenvalue weighted by Gasteiger charge is 2.57. The first-order valence-corrected chi connectivity index (χ1v) is 14.9. The predicted octanol–water partition coefficient (Wildman–Crippen LogP) is 5.84. The molecule has 6 heteroatoms. The van der Waals surface area contributed by atoms with Crippen molar-refractivity contribution < 1.29 is 19.1 Å². The molecular weight excluding hydrogens is 512 g/mol. The van der Waals surface area contributed by atoms with Gasteiger partial charge in [0.1, 0.15) is 6.04 Å². The van der Waals surface area contributed by atoms with E-state index in [1.807, 2.05) is 91.0 Å². The van der Waals surface area contributed by atoms with Crippen LogP contribution >= 0.6 is 0 Å². The smallest absolute Gasteiger partial charge is 0.311 e. The lowest BCUT2D eigenvalue weighted by atomic mass is 9.80. The zero-order chi connectivity index (χ0) is 28.6. The minimum absolute atomic E-state index is 0.0821. The van der Waals surface area contributed by atoms with Crippen LogP contribution in [0.1, 0.15) is 67.2 Å². The van der Waals surface area contributed by atoms with Gasteiger partial charge in [-0.1, -0.05) is 117 Å². The van der Waals surface area contributed by atoms with Gasteiger partial charge in [-0.2, -0.15) is 0 Å². The number of nitrogens with zero attached hydrogens (tertiary/aromatic N) is 1. The zero-order valence-corrected chi connectivity index (χ0v) is 23.8. The predicted molar refractivity (Wildman–Crippen MR) is 159 cm³/mol. The Bertz CT molecular complexity index is 1290. The van der Waals surface area contributed by atoms with E-state index in [2.05, 4.69) is 5.32 Å². The molecule has 1 heterocycles. The van der Waals surface area contributed by atoms with Gasteiger partial charge in [0.05, 0.1) is 19.1 Å². The molecule has 1 aliphatic carbocycles. The first-order valence-electron chi connectivity index (χ1n) is 14.9. The SMILES string of the molecule is COC(=O)C1C(c2ccccc2)C(C(=O)NCCc2ccccc2)N(C(=O)CCC2CCCC2)C1c1ccccc1. The molecule has 214 valence electrons. The molecule has 4 unspecified atom stereocenters. The normalized spacial score (nSPS) is 22.4. The number of carbonyl (C=O) groups excluding carboxylic acids is 3. The number of nitrogens with one attached hydrogen (secondary N) is 1. The van der Waals surface area contributed by atoms with E-state index in [9.17, 15) is 14.4 Å². The molecule has 3 aromatic rings. The summed E-state index contributed by atoms with van der Waals surface area (Å²) in [6.45, 7) is 0.434. The fourth-order valence-electron chi connectivity index (χ4n) is 6.84. The van der Waals surface area contributed by atoms with E-state index in [0.717, 1.165) is 36.0 Å². The Hall–Kier alpha value is -3.93. The largest absolute Gasteiger partial charge is 0.469 e. The Balaban J connectivity index is 1.53. The van der Waals surface area contributed by atoms with Crippen molar-refractivity contribution in [3.8, 4) is 0 Å². The summed E-state index contributed by atoms with van der Waals surface area (Å²) in [7, 11) is 1.38. The molecule has 5 rings (SSSR count). The number of rotatable bonds is 10. The molecule has 1 N–H and O–H groups in total. The van der Waals surface area contributed by atoms with Crippen LogP contribution in [0, 0.1) is 11.8 Å². The van der Waals surface area contributed by atoms with E-state index in [0.29, 0.717) is 25.3 Å². The van der Waals surface area contributed by atoms with Gasteiger partial charge in [0, 0.05) is 18.9 Å². The number of ether oxygens (including phenoxy) is 1. The summed E-state index contributed by atoms with van der Waals surface area (Å²) in [6.07, 6.45) is 6.56. The second-order valence-corrected chi connectivity index (χ2v) is 11.3. The van der Waals surface area contributed by atoms with Gasteiger partial charge in [0.25, 0.3) is 0 Å². The number of benzene rings is 3. The topological polar surface area (TPSA) is 75.7 Å². The maximum atomic E-state index is 14.2. The maximum absolute atomic E-state index is 14.2. The molecule has 3 aromatic carbocycles. The monoisotopic (exact) mass is 552 g/mol. The highest BCUT2D eigenvalue weighted by Crippen LogP contribution is 2.51. The number of likely N-dealkylation sites (tertiary alicyclic amines) is 1. The van der Waals surface area contributed by atoms with Crippen LogP contribution in [-0.4, -0.2) is 42.4 Å². The van der Waals surface area contributed by atoms with Crippen LogP contribution in [0.3, 0.4) is 0 Å². The molecule has 2 amide bonds. The number of hydrogen-bond donors (Lipinski definition) is 1. The van der Waals surface area contributed by atoms with Crippen molar-refractivity contribution >= 4 is 17.8 Å². The third-order valence-electron chi connectivity index (χ3n) is 8.82. The molecule has 0 spiro atoms. The molecule has 2 aliphatic rings. The lowest BCUT2D eigenvalue weighted by Gasteiger charge is -2.32. The van der Waals surface area contributed by atoms with Gasteiger partial charge in [-0.15, -0.1) is 0 Å². The van der Waals surface area contributed by atoms with Crippen LogP contribution in [0.2, 0.25) is 0 Å². The first kappa shape index (κ1) is 28.6. The quantitative estimate of drug-likeness (QED) is 0.321. The van der Waals surface area contributed by atoms with E-state index in [-0.39, 0.29) is 11.8 Å². The van der Waals surface area contributed by atoms with Crippen LogP contribution in [0.4, 0.5) is 0 Å². The van der Waals surface area contributed by atoms with Gasteiger partial charge in [-0.05, 0) is 35.4 Å². The van der Waals surface area contributed by atoms with Gasteiger partial charge in [-0.25, -0.2) is 0 Å². The summed E-state index contributed by atoms with van der Waals surface area (Å²) < 4.78 is 5.37. The van der Waals surface area contributed by atoms with Crippen molar-refractivity contribution in [1.29, 1.82) is 0 Å². The number of amides is 2. The molecule has 1 saturated heterocycles. The molecular formula is C35H40N2O4. The number of esters is 1. The summed E-state index contributed by atoms with van der Waals surface area (Å²) in [4.78, 5) is 43.7. The molecule has 41 heavy (non-hydrogen) atoms. The Morgan fingerprint density at radius 1 is 0.829 bits per heavy atom. The molecule has 6 nitrogen and oxygen atoms in total. The van der Waals surface area contributed by atoms with Crippen LogP contribution in [0.5, 0.6) is 0 Å². The lowest BCUT2D eigenvalue weighted by Crippen LogP contribution is -2.49. The van der Waals surface area contributed by atoms with E-state index < -0.39 is 29.9 Å². The van der Waals surface area contributed by atoms with E-state index in [4.69, 9.17) is 4.74 Å². The van der Waals surface area contributed by atoms with Crippen molar-refractivity contribution in [3.05, 3.63) is 108 Å². The van der Waals surface area contributed by atoms with Crippen LogP contribution in [0.25, 0.3) is 0 Å². The Kier molecular flexibility index (Phi) is 9.50. The molecule has 4 atom stereocenters. The zero-order valence-electron chi connectivity index (χ0n) is 23.8. The van der Waals surface area contributed by atoms with E-state index in [1.165, 1.54) is 20.0 Å². The second kappa shape index (κ2) is 13.6. The van der Waals surface area contributed by atoms with Crippen LogP contribution < -0.4 is 5.32 Å². The summed E-state index contributed by atoms with van der Waals surface area (Å²) in [6, 6.07) is 27.8. The second-order valence-electron chi connectivity index (χ2n) is 11.3. The first-order chi connectivity index (χ1) is 20.1. The van der Waals surface area contributed by atoms with Crippen molar-refractivity contribution in [1.82, 2.24) is 10.2 Å². The average molecular weight is 553 g/mol. The average Bonchev–Trinajstić information content (AvgIpc) is 3.67. The van der Waals surface area contributed by atoms with Gasteiger partial charge < -0.3 is 15.0 Å². The van der Waals surface area contributed by atoms with Crippen LogP contribution in [0.15, 0.2) is 91.0 Å². The molecule has 1 aliphatic heterocycles. The third kappa shape index (κ3) is 6.53. The molecule has 0 radical (unpaired) electrons. The molecule has 1 saturated carbocycles. The summed E-state index contributed by atoms with van der Waals surface area (Å²) in [5.74, 6) is -1.49.